The molecule has 3 rings (SSSR count). The van der Waals surface area contributed by atoms with Gasteiger partial charge in [-0.3, -0.25) is 5.84 Å². The summed E-state index contributed by atoms with van der Waals surface area (Å²) in [6, 6.07) is 10.8. The van der Waals surface area contributed by atoms with E-state index in [1.54, 1.807) is 11.3 Å². The molecule has 2 nitrogen and oxygen atoms in total. The Morgan fingerprint density at radius 3 is 2.50 bits per heavy atom. The van der Waals surface area contributed by atoms with Crippen LogP contribution >= 0.6 is 11.3 Å². The van der Waals surface area contributed by atoms with E-state index in [0.717, 1.165) is 21.7 Å². The highest BCUT2D eigenvalue weighted by Gasteiger charge is 2.17. The standard InChI is InChI=1S/C15H12F2N2S/c16-11-6-10(7-12(17)8-11)14(19-18)13-3-1-2-9-4-5-20-15(9)13/h1-8,14,19H,18H2. The molecular formula is C15H12F2N2S. The van der Waals surface area contributed by atoms with Crippen LogP contribution in [0.15, 0.2) is 47.8 Å². The maximum absolute atomic E-state index is 13.4. The van der Waals surface area contributed by atoms with Crippen molar-refractivity contribution < 1.29 is 8.78 Å². The molecule has 102 valence electrons. The molecule has 0 amide bonds. The number of halogens is 2. The first-order valence-electron chi connectivity index (χ1n) is 6.07. The van der Waals surface area contributed by atoms with Gasteiger partial charge in [-0.15, -0.1) is 11.3 Å². The van der Waals surface area contributed by atoms with Crippen molar-refractivity contribution in [3.63, 3.8) is 0 Å². The molecule has 0 aliphatic heterocycles. The lowest BCUT2D eigenvalue weighted by atomic mass is 9.98. The van der Waals surface area contributed by atoms with Gasteiger partial charge in [0.2, 0.25) is 0 Å². The molecule has 1 atom stereocenters. The van der Waals surface area contributed by atoms with Crippen molar-refractivity contribution in [2.75, 3.05) is 0 Å². The van der Waals surface area contributed by atoms with Gasteiger partial charge < -0.3 is 0 Å². The van der Waals surface area contributed by atoms with Crippen molar-refractivity contribution in [2.24, 2.45) is 5.84 Å². The summed E-state index contributed by atoms with van der Waals surface area (Å²) in [6.45, 7) is 0. The second-order valence-electron chi connectivity index (χ2n) is 4.49. The Morgan fingerprint density at radius 2 is 1.80 bits per heavy atom. The Hall–Kier alpha value is -1.82. The number of hydrazine groups is 1. The Kier molecular flexibility index (Phi) is 3.48. The molecule has 2 aromatic carbocycles. The number of hydrogen-bond acceptors (Lipinski definition) is 3. The van der Waals surface area contributed by atoms with Crippen molar-refractivity contribution in [2.45, 2.75) is 6.04 Å². The second-order valence-corrected chi connectivity index (χ2v) is 5.40. The monoisotopic (exact) mass is 290 g/mol. The highest BCUT2D eigenvalue weighted by molar-refractivity contribution is 7.17. The van der Waals surface area contributed by atoms with Crippen LogP contribution in [0, 0.1) is 11.6 Å². The van der Waals surface area contributed by atoms with Gasteiger partial charge >= 0.3 is 0 Å². The van der Waals surface area contributed by atoms with Gasteiger partial charge in [0.05, 0.1) is 6.04 Å². The molecule has 0 saturated heterocycles. The Bertz CT molecular complexity index is 734. The molecule has 0 radical (unpaired) electrons. The minimum absolute atomic E-state index is 0.456. The topological polar surface area (TPSA) is 38.0 Å². The van der Waals surface area contributed by atoms with Crippen molar-refractivity contribution in [1.82, 2.24) is 5.43 Å². The fourth-order valence-electron chi connectivity index (χ4n) is 2.35. The maximum Gasteiger partial charge on any atom is 0.126 e. The van der Waals surface area contributed by atoms with Crippen molar-refractivity contribution in [3.05, 3.63) is 70.6 Å². The molecule has 3 aromatic rings. The van der Waals surface area contributed by atoms with Gasteiger partial charge in [-0.2, -0.15) is 0 Å². The van der Waals surface area contributed by atoms with Gasteiger partial charge in [-0.05, 0) is 40.1 Å². The lowest BCUT2D eigenvalue weighted by Crippen LogP contribution is -2.29. The summed E-state index contributed by atoms with van der Waals surface area (Å²) in [7, 11) is 0. The lowest BCUT2D eigenvalue weighted by Gasteiger charge is -2.18. The highest BCUT2D eigenvalue weighted by Crippen LogP contribution is 2.32. The van der Waals surface area contributed by atoms with Crippen molar-refractivity contribution >= 4 is 21.4 Å². The molecule has 0 saturated carbocycles. The summed E-state index contributed by atoms with van der Waals surface area (Å²) in [4.78, 5) is 0. The third-order valence-corrected chi connectivity index (χ3v) is 4.18. The first-order valence-corrected chi connectivity index (χ1v) is 6.95. The van der Waals surface area contributed by atoms with Gasteiger partial charge in [0.1, 0.15) is 11.6 Å². The quantitative estimate of drug-likeness (QED) is 0.570. The van der Waals surface area contributed by atoms with Crippen LogP contribution in [0.25, 0.3) is 10.1 Å². The predicted molar refractivity (Wildman–Crippen MR) is 77.3 cm³/mol. The Morgan fingerprint density at radius 1 is 1.05 bits per heavy atom. The van der Waals surface area contributed by atoms with E-state index >= 15 is 0 Å². The number of thiophene rings is 1. The fraction of sp³-hybridized carbons (Fsp3) is 0.0667. The van der Waals surface area contributed by atoms with Crippen LogP contribution in [0.1, 0.15) is 17.2 Å². The molecule has 3 N–H and O–H groups in total. The van der Waals surface area contributed by atoms with E-state index in [2.05, 4.69) is 5.43 Å². The highest BCUT2D eigenvalue weighted by atomic mass is 32.1. The zero-order chi connectivity index (χ0) is 14.1. The average molecular weight is 290 g/mol. The predicted octanol–water partition coefficient (Wildman–Crippen LogP) is 3.73. The zero-order valence-electron chi connectivity index (χ0n) is 10.4. The van der Waals surface area contributed by atoms with Crippen LogP contribution in [-0.4, -0.2) is 0 Å². The molecule has 0 aliphatic carbocycles. The molecule has 20 heavy (non-hydrogen) atoms. The first kappa shape index (κ1) is 13.2. The second kappa shape index (κ2) is 5.28. The van der Waals surface area contributed by atoms with Crippen molar-refractivity contribution in [1.29, 1.82) is 0 Å². The maximum atomic E-state index is 13.4. The third kappa shape index (κ3) is 2.31. The number of hydrogen-bond donors (Lipinski definition) is 2. The van der Waals surface area contributed by atoms with Gasteiger partial charge in [-0.1, -0.05) is 18.2 Å². The van der Waals surface area contributed by atoms with Gasteiger partial charge in [0, 0.05) is 10.8 Å². The lowest BCUT2D eigenvalue weighted by molar-refractivity contribution is 0.567. The summed E-state index contributed by atoms with van der Waals surface area (Å²) >= 11 is 1.58. The molecule has 0 fully saturated rings. The number of fused-ring (bicyclic) bond motifs is 1. The van der Waals surface area contributed by atoms with Gasteiger partial charge in [-0.25, -0.2) is 14.2 Å². The Labute approximate surface area is 118 Å². The molecular weight excluding hydrogens is 278 g/mol. The smallest absolute Gasteiger partial charge is 0.126 e. The van der Waals surface area contributed by atoms with Crippen molar-refractivity contribution in [3.8, 4) is 0 Å². The number of nitrogens with two attached hydrogens (primary N) is 1. The van der Waals surface area contributed by atoms with E-state index in [0.29, 0.717) is 5.56 Å². The molecule has 0 spiro atoms. The van der Waals surface area contributed by atoms with Crippen LogP contribution in [0.2, 0.25) is 0 Å². The average Bonchev–Trinajstić information content (AvgIpc) is 2.87. The zero-order valence-corrected chi connectivity index (χ0v) is 11.3. The van der Waals surface area contributed by atoms with E-state index in [1.165, 1.54) is 12.1 Å². The SMILES string of the molecule is NNC(c1cc(F)cc(F)c1)c1cccc2ccsc12. The molecule has 1 heterocycles. The number of benzene rings is 2. The van der Waals surface area contributed by atoms with Crippen LogP contribution in [0.5, 0.6) is 0 Å². The summed E-state index contributed by atoms with van der Waals surface area (Å²) in [6.07, 6.45) is 0. The molecule has 1 aromatic heterocycles. The summed E-state index contributed by atoms with van der Waals surface area (Å²) in [5.41, 5.74) is 4.02. The molecule has 5 heteroatoms. The summed E-state index contributed by atoms with van der Waals surface area (Å²) in [5, 5.41) is 3.07. The van der Waals surface area contributed by atoms with E-state index in [9.17, 15) is 8.78 Å². The van der Waals surface area contributed by atoms with E-state index in [-0.39, 0.29) is 0 Å². The van der Waals surface area contributed by atoms with E-state index in [1.807, 2.05) is 29.6 Å². The summed E-state index contributed by atoms with van der Waals surface area (Å²) < 4.78 is 27.8. The fourth-order valence-corrected chi connectivity index (χ4v) is 3.30. The molecule has 0 aliphatic rings. The normalized spacial score (nSPS) is 12.8. The van der Waals surface area contributed by atoms with Gasteiger partial charge in [0.15, 0.2) is 0 Å². The number of nitrogens with one attached hydrogen (secondary N) is 1. The van der Waals surface area contributed by atoms with Gasteiger partial charge in [0.25, 0.3) is 0 Å². The molecule has 1 unspecified atom stereocenters. The van der Waals surface area contributed by atoms with Crippen LogP contribution in [0.4, 0.5) is 8.78 Å². The third-order valence-electron chi connectivity index (χ3n) is 3.21. The minimum atomic E-state index is -0.612. The summed E-state index contributed by atoms with van der Waals surface area (Å²) in [5.74, 6) is 4.38. The van der Waals surface area contributed by atoms with E-state index in [4.69, 9.17) is 5.84 Å². The first-order chi connectivity index (χ1) is 9.69. The van der Waals surface area contributed by atoms with Crippen LogP contribution in [-0.2, 0) is 0 Å². The van der Waals surface area contributed by atoms with Crippen LogP contribution in [0.3, 0.4) is 0 Å². The van der Waals surface area contributed by atoms with Crippen LogP contribution < -0.4 is 11.3 Å². The number of rotatable bonds is 3. The minimum Gasteiger partial charge on any atom is -0.271 e. The molecule has 0 bridgehead atoms. The largest absolute Gasteiger partial charge is 0.271 e. The Balaban J connectivity index is 2.16. The van der Waals surface area contributed by atoms with E-state index < -0.39 is 17.7 Å².